The normalized spacial score (nSPS) is 22.9. The molecular weight excluding hydrogens is 325 g/mol. The van der Waals surface area contributed by atoms with Crippen molar-refractivity contribution >= 4 is 5.91 Å². The molecule has 1 N–H and O–H groups in total. The number of allylic oxidation sites excluding steroid dienone is 1. The molecule has 0 spiro atoms. The molecule has 0 saturated heterocycles. The third-order valence-electron chi connectivity index (χ3n) is 4.28. The first-order chi connectivity index (χ1) is 12.0. The average Bonchev–Trinajstić information content (AvgIpc) is 2.60. The van der Waals surface area contributed by atoms with Gasteiger partial charge in [-0.1, -0.05) is 12.1 Å². The van der Waals surface area contributed by atoms with Crippen molar-refractivity contribution in [2.24, 2.45) is 5.92 Å². The highest BCUT2D eigenvalue weighted by Gasteiger charge is 2.38. The van der Waals surface area contributed by atoms with Crippen molar-refractivity contribution in [3.05, 3.63) is 47.5 Å². The number of aliphatic hydroxyl groups is 1. The lowest BCUT2D eigenvalue weighted by molar-refractivity contribution is -0.169. The lowest BCUT2D eigenvalue weighted by Crippen LogP contribution is -2.38. The van der Waals surface area contributed by atoms with Crippen LogP contribution in [-0.2, 0) is 14.3 Å². The van der Waals surface area contributed by atoms with Crippen molar-refractivity contribution in [1.29, 1.82) is 0 Å². The standard InChI is InChI=1S/C19H26FNO4/c1-4-24-19-15(6-5-11-22)16(13-7-9-14(20)10-8-13)12-17(25-19)18(23)21(2)3/h7-10,12,15-16,19,22H,4-6,11H2,1-3H3/t15-,16-,19-/m0/s1. The van der Waals surface area contributed by atoms with E-state index in [1.807, 2.05) is 6.92 Å². The number of rotatable bonds is 7. The van der Waals surface area contributed by atoms with Gasteiger partial charge in [-0.3, -0.25) is 4.79 Å². The molecule has 25 heavy (non-hydrogen) atoms. The van der Waals surface area contributed by atoms with Crippen molar-refractivity contribution in [2.45, 2.75) is 32.0 Å². The monoisotopic (exact) mass is 351 g/mol. The van der Waals surface area contributed by atoms with E-state index in [2.05, 4.69) is 0 Å². The van der Waals surface area contributed by atoms with E-state index in [1.165, 1.54) is 17.0 Å². The zero-order valence-electron chi connectivity index (χ0n) is 14.9. The number of nitrogens with zero attached hydrogens (tertiary/aromatic N) is 1. The van der Waals surface area contributed by atoms with E-state index >= 15 is 0 Å². The van der Waals surface area contributed by atoms with Gasteiger partial charge in [-0.05, 0) is 43.5 Å². The first-order valence-electron chi connectivity index (χ1n) is 8.56. The molecule has 0 bridgehead atoms. The highest BCUT2D eigenvalue weighted by atomic mass is 19.1. The summed E-state index contributed by atoms with van der Waals surface area (Å²) in [5.74, 6) is -0.541. The molecule has 1 heterocycles. The summed E-state index contributed by atoms with van der Waals surface area (Å²) in [6.45, 7) is 2.38. The highest BCUT2D eigenvalue weighted by Crippen LogP contribution is 2.39. The van der Waals surface area contributed by atoms with Crippen LogP contribution in [0.4, 0.5) is 4.39 Å². The van der Waals surface area contributed by atoms with Gasteiger partial charge in [0.15, 0.2) is 5.76 Å². The molecule has 3 atom stereocenters. The minimum Gasteiger partial charge on any atom is -0.459 e. The number of ether oxygens (including phenoxy) is 2. The van der Waals surface area contributed by atoms with Gasteiger partial charge in [-0.25, -0.2) is 4.39 Å². The van der Waals surface area contributed by atoms with Crippen LogP contribution in [0.25, 0.3) is 0 Å². The number of amides is 1. The molecule has 5 nitrogen and oxygen atoms in total. The molecule has 2 rings (SSSR count). The fourth-order valence-electron chi connectivity index (χ4n) is 3.04. The minimum absolute atomic E-state index is 0.0681. The molecule has 0 radical (unpaired) electrons. The number of hydrogen-bond acceptors (Lipinski definition) is 4. The molecule has 1 aliphatic heterocycles. The smallest absolute Gasteiger partial charge is 0.288 e. The summed E-state index contributed by atoms with van der Waals surface area (Å²) in [7, 11) is 3.32. The molecule has 0 aliphatic carbocycles. The Balaban J connectivity index is 2.42. The average molecular weight is 351 g/mol. The Labute approximate surface area is 148 Å². The van der Waals surface area contributed by atoms with Crippen LogP contribution >= 0.6 is 0 Å². The number of aliphatic hydroxyl groups excluding tert-OH is 1. The Bertz CT molecular complexity index is 600. The number of hydrogen-bond donors (Lipinski definition) is 1. The lowest BCUT2D eigenvalue weighted by Gasteiger charge is -2.37. The SMILES string of the molecule is CCO[C@H]1OC(C(=O)N(C)C)=C[C@@H](c2ccc(F)cc2)[C@@H]1CCCO. The predicted octanol–water partition coefficient (Wildman–Crippen LogP) is 2.66. The molecule has 1 aromatic rings. The predicted molar refractivity (Wildman–Crippen MR) is 92.2 cm³/mol. The first-order valence-corrected chi connectivity index (χ1v) is 8.56. The maximum absolute atomic E-state index is 13.3. The number of likely N-dealkylation sites (N-methyl/N-ethyl adjacent to an activating group) is 1. The fourth-order valence-corrected chi connectivity index (χ4v) is 3.04. The van der Waals surface area contributed by atoms with Crippen LogP contribution in [0, 0.1) is 11.7 Å². The molecule has 1 aliphatic rings. The molecule has 0 saturated carbocycles. The largest absolute Gasteiger partial charge is 0.459 e. The quantitative estimate of drug-likeness (QED) is 0.820. The van der Waals surface area contributed by atoms with Crippen molar-refractivity contribution in [2.75, 3.05) is 27.3 Å². The zero-order valence-corrected chi connectivity index (χ0v) is 14.9. The van der Waals surface area contributed by atoms with E-state index in [0.29, 0.717) is 19.4 Å². The van der Waals surface area contributed by atoms with Gasteiger partial charge < -0.3 is 19.5 Å². The third-order valence-corrected chi connectivity index (χ3v) is 4.28. The van der Waals surface area contributed by atoms with Crippen molar-refractivity contribution in [3.8, 4) is 0 Å². The second kappa shape index (κ2) is 8.97. The van der Waals surface area contributed by atoms with Crippen LogP contribution in [0.3, 0.4) is 0 Å². The molecule has 138 valence electrons. The fraction of sp³-hybridized carbons (Fsp3) is 0.526. The van der Waals surface area contributed by atoms with E-state index in [0.717, 1.165) is 5.56 Å². The number of carbonyl (C=O) groups excluding carboxylic acids is 1. The van der Waals surface area contributed by atoms with E-state index in [4.69, 9.17) is 9.47 Å². The summed E-state index contributed by atoms with van der Waals surface area (Å²) in [6, 6.07) is 6.25. The molecule has 0 unspecified atom stereocenters. The molecular formula is C19H26FNO4. The summed E-state index contributed by atoms with van der Waals surface area (Å²) in [6.07, 6.45) is 2.46. The van der Waals surface area contributed by atoms with Crippen LogP contribution in [0.2, 0.25) is 0 Å². The Morgan fingerprint density at radius 2 is 2.00 bits per heavy atom. The minimum atomic E-state index is -0.587. The number of halogens is 1. The number of benzene rings is 1. The van der Waals surface area contributed by atoms with Crippen molar-refractivity contribution in [1.82, 2.24) is 4.90 Å². The third kappa shape index (κ3) is 4.80. The van der Waals surface area contributed by atoms with Crippen LogP contribution in [-0.4, -0.2) is 49.5 Å². The van der Waals surface area contributed by atoms with Gasteiger partial charge in [0.1, 0.15) is 5.82 Å². The summed E-state index contributed by atoms with van der Waals surface area (Å²) in [4.78, 5) is 13.8. The molecule has 0 aromatic heterocycles. The summed E-state index contributed by atoms with van der Waals surface area (Å²) < 4.78 is 24.9. The van der Waals surface area contributed by atoms with Gasteiger partial charge in [0, 0.05) is 39.1 Å². The molecule has 6 heteroatoms. The maximum Gasteiger partial charge on any atom is 0.288 e. The second-order valence-electron chi connectivity index (χ2n) is 6.28. The van der Waals surface area contributed by atoms with E-state index in [1.54, 1.807) is 32.3 Å². The Kier molecular flexibility index (Phi) is 6.96. The summed E-state index contributed by atoms with van der Waals surface area (Å²) in [5.41, 5.74) is 0.890. The van der Waals surface area contributed by atoms with Crippen LogP contribution < -0.4 is 0 Å². The molecule has 1 aromatic carbocycles. The molecule has 1 amide bonds. The summed E-state index contributed by atoms with van der Waals surface area (Å²) >= 11 is 0. The van der Waals surface area contributed by atoms with Crippen LogP contribution in [0.1, 0.15) is 31.2 Å². The van der Waals surface area contributed by atoms with Crippen LogP contribution in [0.5, 0.6) is 0 Å². The van der Waals surface area contributed by atoms with Crippen LogP contribution in [0.15, 0.2) is 36.1 Å². The Hall–Kier alpha value is -1.92. The topological polar surface area (TPSA) is 59.0 Å². The first kappa shape index (κ1) is 19.4. The van der Waals surface area contributed by atoms with Gasteiger partial charge in [-0.2, -0.15) is 0 Å². The van der Waals surface area contributed by atoms with Crippen molar-refractivity contribution in [3.63, 3.8) is 0 Å². The lowest BCUT2D eigenvalue weighted by atomic mass is 9.80. The highest BCUT2D eigenvalue weighted by molar-refractivity contribution is 5.91. The zero-order chi connectivity index (χ0) is 18.4. The van der Waals surface area contributed by atoms with E-state index in [-0.39, 0.29) is 35.9 Å². The van der Waals surface area contributed by atoms with Gasteiger partial charge in [0.05, 0.1) is 0 Å². The van der Waals surface area contributed by atoms with E-state index < -0.39 is 6.29 Å². The van der Waals surface area contributed by atoms with Gasteiger partial charge in [0.2, 0.25) is 6.29 Å². The van der Waals surface area contributed by atoms with Crippen molar-refractivity contribution < 1.29 is 23.8 Å². The maximum atomic E-state index is 13.3. The van der Waals surface area contributed by atoms with Gasteiger partial charge in [0.25, 0.3) is 5.91 Å². The van der Waals surface area contributed by atoms with E-state index in [9.17, 15) is 14.3 Å². The Morgan fingerprint density at radius 1 is 1.32 bits per heavy atom. The number of carbonyl (C=O) groups is 1. The van der Waals surface area contributed by atoms with Gasteiger partial charge in [-0.15, -0.1) is 0 Å². The summed E-state index contributed by atoms with van der Waals surface area (Å²) in [5, 5.41) is 9.21. The Morgan fingerprint density at radius 3 is 2.56 bits per heavy atom. The van der Waals surface area contributed by atoms with Gasteiger partial charge >= 0.3 is 0 Å². The second-order valence-corrected chi connectivity index (χ2v) is 6.28. The molecule has 0 fully saturated rings.